The number of nitrogens with zero attached hydrogens (tertiary/aromatic N) is 3. The standard InChI is InChI=1S/C26H34N6O2/c1-6-23(33)30-19-9-7-8-18(12-19)14-27-22-13-24(34-20-10-11-26(4,5)28-15-20)31-25-21(17(2)3)16-29-32(22)25/h6-9,12-13,16-17,20,27-28H,1,10-11,14-15H2,2-5H3,(H,30,33). The van der Waals surface area contributed by atoms with Crippen LogP contribution in [0.15, 0.2) is 49.2 Å². The number of hydrogen-bond donors (Lipinski definition) is 3. The lowest BCUT2D eigenvalue weighted by Crippen LogP contribution is -2.50. The lowest BCUT2D eigenvalue weighted by molar-refractivity contribution is -0.111. The van der Waals surface area contributed by atoms with E-state index in [0.29, 0.717) is 12.4 Å². The van der Waals surface area contributed by atoms with Crippen molar-refractivity contribution in [3.05, 3.63) is 60.3 Å². The number of amides is 1. The summed E-state index contributed by atoms with van der Waals surface area (Å²) in [6.45, 7) is 13.5. The Kier molecular flexibility index (Phi) is 6.88. The average molecular weight is 463 g/mol. The Bertz CT molecular complexity index is 1170. The molecule has 1 unspecified atom stereocenters. The predicted molar refractivity (Wildman–Crippen MR) is 135 cm³/mol. The molecule has 3 heterocycles. The number of anilines is 2. The third-order valence-corrected chi connectivity index (χ3v) is 6.14. The maximum Gasteiger partial charge on any atom is 0.247 e. The number of rotatable bonds is 8. The summed E-state index contributed by atoms with van der Waals surface area (Å²) in [5, 5.41) is 14.4. The topological polar surface area (TPSA) is 92.6 Å². The van der Waals surface area contributed by atoms with Crippen molar-refractivity contribution < 1.29 is 9.53 Å². The van der Waals surface area contributed by atoms with Crippen LogP contribution in [0.4, 0.5) is 11.5 Å². The Labute approximate surface area is 200 Å². The molecular weight excluding hydrogens is 428 g/mol. The zero-order chi connectivity index (χ0) is 24.3. The first kappa shape index (κ1) is 23.8. The van der Waals surface area contributed by atoms with Gasteiger partial charge in [-0.05, 0) is 56.4 Å². The highest BCUT2D eigenvalue weighted by atomic mass is 16.5. The molecule has 3 N–H and O–H groups in total. The summed E-state index contributed by atoms with van der Waals surface area (Å²) in [4.78, 5) is 16.4. The molecule has 3 aromatic rings. The number of ether oxygens (including phenoxy) is 1. The van der Waals surface area contributed by atoms with Crippen LogP contribution in [0.2, 0.25) is 0 Å². The van der Waals surface area contributed by atoms with E-state index in [-0.39, 0.29) is 23.5 Å². The minimum Gasteiger partial charge on any atom is -0.473 e. The maximum absolute atomic E-state index is 11.6. The molecule has 0 bridgehead atoms. The summed E-state index contributed by atoms with van der Waals surface area (Å²) < 4.78 is 8.14. The van der Waals surface area contributed by atoms with Crippen LogP contribution < -0.4 is 20.7 Å². The number of benzene rings is 1. The summed E-state index contributed by atoms with van der Waals surface area (Å²) in [5.41, 5.74) is 3.75. The summed E-state index contributed by atoms with van der Waals surface area (Å²) in [5.74, 6) is 1.45. The second kappa shape index (κ2) is 9.85. The quantitative estimate of drug-likeness (QED) is 0.427. The van der Waals surface area contributed by atoms with E-state index < -0.39 is 0 Å². The molecule has 1 amide bonds. The van der Waals surface area contributed by atoms with E-state index in [4.69, 9.17) is 9.72 Å². The second-order valence-corrected chi connectivity index (χ2v) is 9.76. The number of aromatic nitrogens is 3. The van der Waals surface area contributed by atoms with Crippen LogP contribution in [0, 0.1) is 0 Å². The zero-order valence-electron chi connectivity index (χ0n) is 20.4. The molecule has 8 nitrogen and oxygen atoms in total. The van der Waals surface area contributed by atoms with Crippen molar-refractivity contribution in [1.82, 2.24) is 19.9 Å². The SMILES string of the molecule is C=CC(=O)Nc1cccc(CNc2cc(OC3CCC(C)(C)NC3)nc3c(C(C)C)cnn23)c1. The minimum absolute atomic E-state index is 0.0754. The van der Waals surface area contributed by atoms with E-state index in [9.17, 15) is 4.79 Å². The monoisotopic (exact) mass is 462 g/mol. The van der Waals surface area contributed by atoms with E-state index >= 15 is 0 Å². The van der Waals surface area contributed by atoms with Gasteiger partial charge in [0.2, 0.25) is 11.8 Å². The van der Waals surface area contributed by atoms with Gasteiger partial charge in [-0.3, -0.25) is 4.79 Å². The fourth-order valence-electron chi connectivity index (χ4n) is 4.07. The molecule has 0 aliphatic carbocycles. The van der Waals surface area contributed by atoms with Crippen molar-refractivity contribution in [3.63, 3.8) is 0 Å². The first-order chi connectivity index (χ1) is 16.2. The Morgan fingerprint density at radius 1 is 1.38 bits per heavy atom. The first-order valence-electron chi connectivity index (χ1n) is 11.8. The lowest BCUT2D eigenvalue weighted by Gasteiger charge is -2.35. The molecule has 1 fully saturated rings. The Morgan fingerprint density at radius 2 is 2.21 bits per heavy atom. The van der Waals surface area contributed by atoms with Gasteiger partial charge in [-0.2, -0.15) is 14.6 Å². The summed E-state index contributed by atoms with van der Waals surface area (Å²) in [6.07, 6.45) is 5.24. The highest BCUT2D eigenvalue weighted by Crippen LogP contribution is 2.27. The molecule has 180 valence electrons. The van der Waals surface area contributed by atoms with Gasteiger partial charge in [-0.1, -0.05) is 32.6 Å². The van der Waals surface area contributed by atoms with Gasteiger partial charge in [0.25, 0.3) is 0 Å². The predicted octanol–water partition coefficient (Wildman–Crippen LogP) is 4.50. The van der Waals surface area contributed by atoms with Gasteiger partial charge in [0.1, 0.15) is 11.9 Å². The summed E-state index contributed by atoms with van der Waals surface area (Å²) in [7, 11) is 0. The molecule has 1 saturated heterocycles. The molecule has 1 aromatic carbocycles. The molecule has 0 saturated carbocycles. The molecule has 0 radical (unpaired) electrons. The van der Waals surface area contributed by atoms with Crippen molar-refractivity contribution in [2.45, 2.75) is 64.6 Å². The fraction of sp³-hybridized carbons (Fsp3) is 0.423. The van der Waals surface area contributed by atoms with Crippen molar-refractivity contribution in [3.8, 4) is 5.88 Å². The van der Waals surface area contributed by atoms with Gasteiger partial charge in [-0.15, -0.1) is 0 Å². The molecular formula is C26H34N6O2. The number of hydrogen-bond acceptors (Lipinski definition) is 6. The Balaban J connectivity index is 1.57. The van der Waals surface area contributed by atoms with Gasteiger partial charge in [0, 0.05) is 35.9 Å². The van der Waals surface area contributed by atoms with Gasteiger partial charge < -0.3 is 20.7 Å². The van der Waals surface area contributed by atoms with Gasteiger partial charge in [0.15, 0.2) is 5.65 Å². The third kappa shape index (κ3) is 5.56. The van der Waals surface area contributed by atoms with Gasteiger partial charge >= 0.3 is 0 Å². The Morgan fingerprint density at radius 3 is 2.91 bits per heavy atom. The molecule has 2 aromatic heterocycles. The number of nitrogens with one attached hydrogen (secondary N) is 3. The number of carbonyl (C=O) groups excluding carboxylic acids is 1. The summed E-state index contributed by atoms with van der Waals surface area (Å²) in [6, 6.07) is 9.61. The average Bonchev–Trinajstić information content (AvgIpc) is 3.23. The number of piperidine rings is 1. The van der Waals surface area contributed by atoms with Crippen LogP contribution >= 0.6 is 0 Å². The maximum atomic E-state index is 11.6. The van der Waals surface area contributed by atoms with E-state index in [2.05, 4.69) is 55.3 Å². The smallest absolute Gasteiger partial charge is 0.247 e. The second-order valence-electron chi connectivity index (χ2n) is 9.76. The van der Waals surface area contributed by atoms with Crippen molar-refractivity contribution >= 4 is 23.1 Å². The van der Waals surface area contributed by atoms with Crippen molar-refractivity contribution in [1.29, 1.82) is 0 Å². The minimum atomic E-state index is -0.235. The first-order valence-corrected chi connectivity index (χ1v) is 11.8. The molecule has 1 atom stereocenters. The zero-order valence-corrected chi connectivity index (χ0v) is 20.4. The lowest BCUT2D eigenvalue weighted by atomic mass is 9.92. The molecule has 0 spiro atoms. The van der Waals surface area contributed by atoms with Crippen LogP contribution in [0.5, 0.6) is 5.88 Å². The van der Waals surface area contributed by atoms with Crippen LogP contribution in [-0.2, 0) is 11.3 Å². The molecule has 1 aliphatic heterocycles. The van der Waals surface area contributed by atoms with Crippen LogP contribution in [0.3, 0.4) is 0 Å². The summed E-state index contributed by atoms with van der Waals surface area (Å²) >= 11 is 0. The van der Waals surface area contributed by atoms with Crippen LogP contribution in [0.25, 0.3) is 5.65 Å². The fourth-order valence-corrected chi connectivity index (χ4v) is 4.07. The van der Waals surface area contributed by atoms with Crippen LogP contribution in [0.1, 0.15) is 57.6 Å². The van der Waals surface area contributed by atoms with E-state index in [1.165, 1.54) is 6.08 Å². The highest BCUT2D eigenvalue weighted by Gasteiger charge is 2.27. The molecule has 8 heteroatoms. The van der Waals surface area contributed by atoms with E-state index in [0.717, 1.165) is 47.7 Å². The molecule has 4 rings (SSSR count). The van der Waals surface area contributed by atoms with Gasteiger partial charge in [-0.25, -0.2) is 0 Å². The molecule has 34 heavy (non-hydrogen) atoms. The third-order valence-electron chi connectivity index (χ3n) is 6.14. The van der Waals surface area contributed by atoms with Gasteiger partial charge in [0.05, 0.1) is 6.20 Å². The van der Waals surface area contributed by atoms with E-state index in [1.54, 1.807) is 0 Å². The number of fused-ring (bicyclic) bond motifs is 1. The number of carbonyl (C=O) groups is 1. The highest BCUT2D eigenvalue weighted by molar-refractivity contribution is 5.98. The van der Waals surface area contributed by atoms with Crippen molar-refractivity contribution in [2.24, 2.45) is 0 Å². The van der Waals surface area contributed by atoms with E-state index in [1.807, 2.05) is 41.0 Å². The van der Waals surface area contributed by atoms with Crippen LogP contribution in [-0.4, -0.2) is 38.7 Å². The largest absolute Gasteiger partial charge is 0.473 e. The van der Waals surface area contributed by atoms with Crippen molar-refractivity contribution in [2.75, 3.05) is 17.2 Å². The Hall–Kier alpha value is -3.39. The molecule has 1 aliphatic rings. The normalized spacial score (nSPS) is 17.5.